The van der Waals surface area contributed by atoms with Crippen LogP contribution in [0.3, 0.4) is 0 Å². The van der Waals surface area contributed by atoms with Crippen molar-refractivity contribution in [3.8, 4) is 11.4 Å². The van der Waals surface area contributed by atoms with Gasteiger partial charge < -0.3 is 20.4 Å². The van der Waals surface area contributed by atoms with E-state index in [0.29, 0.717) is 5.82 Å². The van der Waals surface area contributed by atoms with Crippen LogP contribution in [-0.2, 0) is 0 Å². The van der Waals surface area contributed by atoms with Gasteiger partial charge in [-0.05, 0) is 55.7 Å². The van der Waals surface area contributed by atoms with E-state index in [1.54, 1.807) is 19.6 Å². The number of rotatable bonds is 6. The highest BCUT2D eigenvalue weighted by Gasteiger charge is 2.26. The average molecular weight is 428 g/mol. The highest BCUT2D eigenvalue weighted by atomic mass is 16.5. The van der Waals surface area contributed by atoms with Gasteiger partial charge in [0.25, 0.3) is 0 Å². The largest absolute Gasteiger partial charge is 0.494 e. The number of methoxy groups -OCH3 is 1. The summed E-state index contributed by atoms with van der Waals surface area (Å²) in [5.41, 5.74) is 12.0. The number of nitrogens with zero attached hydrogens (tertiary/aromatic N) is 3. The third-order valence-corrected chi connectivity index (χ3v) is 5.71. The summed E-state index contributed by atoms with van der Waals surface area (Å²) in [7, 11) is 1.66. The van der Waals surface area contributed by atoms with Crippen LogP contribution in [0, 0.1) is 6.92 Å². The number of anilines is 1. The van der Waals surface area contributed by atoms with Gasteiger partial charge in [0, 0.05) is 23.9 Å². The first-order valence-electron chi connectivity index (χ1n) is 10.8. The first-order chi connectivity index (χ1) is 15.6. The van der Waals surface area contributed by atoms with Gasteiger partial charge >= 0.3 is 0 Å². The predicted octanol–water partition coefficient (Wildman–Crippen LogP) is 5.32. The molecular formula is C26H29N5O. The average Bonchev–Trinajstić information content (AvgIpc) is 3.25. The fraction of sp³-hybridized carbons (Fsp3) is 0.231. The molecule has 1 heterocycles. The zero-order valence-electron chi connectivity index (χ0n) is 18.6. The minimum atomic E-state index is 0.208. The second-order valence-corrected chi connectivity index (χ2v) is 7.93. The molecule has 0 radical (unpaired) electrons. The van der Waals surface area contributed by atoms with Crippen molar-refractivity contribution in [1.82, 2.24) is 9.55 Å². The number of allylic oxidation sites excluding steroid dienone is 1. The molecule has 0 saturated heterocycles. The van der Waals surface area contributed by atoms with E-state index in [1.165, 1.54) is 5.56 Å². The number of imidazole rings is 1. The van der Waals surface area contributed by atoms with Gasteiger partial charge in [0.05, 0.1) is 30.5 Å². The Kier molecular flexibility index (Phi) is 6.40. The molecule has 164 valence electrons. The third kappa shape index (κ3) is 4.59. The highest BCUT2D eigenvalue weighted by molar-refractivity contribution is 6.06. The molecule has 0 bridgehead atoms. The molecule has 2 aromatic carbocycles. The Hall–Kier alpha value is -3.80. The van der Waals surface area contributed by atoms with E-state index in [0.717, 1.165) is 53.4 Å². The summed E-state index contributed by atoms with van der Waals surface area (Å²) in [4.78, 5) is 9.18. The summed E-state index contributed by atoms with van der Waals surface area (Å²) < 4.78 is 7.55. The van der Waals surface area contributed by atoms with Crippen molar-refractivity contribution < 1.29 is 4.74 Å². The van der Waals surface area contributed by atoms with Crippen molar-refractivity contribution in [2.45, 2.75) is 32.1 Å². The second kappa shape index (κ2) is 9.56. The fourth-order valence-corrected chi connectivity index (χ4v) is 4.18. The SMILES string of the molecule is C=C(N=C1/C(=C\N)CCCC1c1ccccc1)Nc1ccc(-n2cnc(C)c2)c(OC)c1. The summed E-state index contributed by atoms with van der Waals surface area (Å²) in [6.07, 6.45) is 8.49. The van der Waals surface area contributed by atoms with Crippen LogP contribution in [0.1, 0.15) is 36.4 Å². The summed E-state index contributed by atoms with van der Waals surface area (Å²) in [6.45, 7) is 6.12. The van der Waals surface area contributed by atoms with Crippen LogP contribution in [0.4, 0.5) is 5.69 Å². The summed E-state index contributed by atoms with van der Waals surface area (Å²) >= 11 is 0. The van der Waals surface area contributed by atoms with Gasteiger partial charge in [0.1, 0.15) is 11.6 Å². The monoisotopic (exact) mass is 427 g/mol. The number of ether oxygens (including phenoxy) is 1. The number of hydrogen-bond acceptors (Lipinski definition) is 5. The number of hydrogen-bond donors (Lipinski definition) is 2. The summed E-state index contributed by atoms with van der Waals surface area (Å²) in [5.74, 6) is 1.50. The van der Waals surface area contributed by atoms with Crippen molar-refractivity contribution in [1.29, 1.82) is 0 Å². The van der Waals surface area contributed by atoms with Gasteiger partial charge in [-0.3, -0.25) is 0 Å². The second-order valence-electron chi connectivity index (χ2n) is 7.93. The standard InChI is InChI=1S/C26H29N5O/c1-18-16-31(17-28-18)24-13-12-22(14-25(24)32-3)29-19(2)30-26-21(15-27)10-7-11-23(26)20-8-5-4-6-9-20/h4-6,8-9,12-17,23,29H,2,7,10-11,27H2,1,3H3/b21-15-,30-26?. The van der Waals surface area contributed by atoms with Gasteiger partial charge in [-0.15, -0.1) is 0 Å². The normalized spacial score (nSPS) is 18.6. The van der Waals surface area contributed by atoms with Crippen LogP contribution in [0.25, 0.3) is 5.69 Å². The van der Waals surface area contributed by atoms with Gasteiger partial charge in [-0.25, -0.2) is 9.98 Å². The number of aromatic nitrogens is 2. The Bertz CT molecular complexity index is 1160. The molecule has 0 spiro atoms. The molecule has 32 heavy (non-hydrogen) atoms. The van der Waals surface area contributed by atoms with Gasteiger partial charge in [0.15, 0.2) is 0 Å². The van der Waals surface area contributed by atoms with Crippen LogP contribution in [-0.4, -0.2) is 22.4 Å². The third-order valence-electron chi connectivity index (χ3n) is 5.71. The van der Waals surface area contributed by atoms with E-state index in [4.69, 9.17) is 15.5 Å². The molecule has 0 aliphatic heterocycles. The predicted molar refractivity (Wildman–Crippen MR) is 130 cm³/mol. The van der Waals surface area contributed by atoms with Crippen LogP contribution in [0.5, 0.6) is 5.75 Å². The molecule has 4 rings (SSSR count). The Balaban J connectivity index is 1.59. The molecule has 3 aromatic rings. The van der Waals surface area contributed by atoms with E-state index < -0.39 is 0 Å². The fourth-order valence-electron chi connectivity index (χ4n) is 4.18. The molecule has 1 fully saturated rings. The molecule has 6 nitrogen and oxygen atoms in total. The molecule has 1 aliphatic rings. The smallest absolute Gasteiger partial charge is 0.144 e. The Morgan fingerprint density at radius 2 is 2.09 bits per heavy atom. The van der Waals surface area contributed by atoms with Crippen LogP contribution < -0.4 is 15.8 Å². The molecule has 0 amide bonds. The van der Waals surface area contributed by atoms with Crippen molar-refractivity contribution >= 4 is 11.4 Å². The van der Waals surface area contributed by atoms with Gasteiger partial charge in [-0.2, -0.15) is 0 Å². The Morgan fingerprint density at radius 1 is 1.28 bits per heavy atom. The number of nitrogens with two attached hydrogens (primary N) is 1. The lowest BCUT2D eigenvalue weighted by Crippen LogP contribution is -2.22. The van der Waals surface area contributed by atoms with E-state index in [1.807, 2.05) is 42.0 Å². The number of aliphatic imine (C=N–C) groups is 1. The Labute approximate surface area is 189 Å². The molecule has 1 aromatic heterocycles. The van der Waals surface area contributed by atoms with Crippen molar-refractivity contribution in [3.63, 3.8) is 0 Å². The van der Waals surface area contributed by atoms with Crippen molar-refractivity contribution in [2.75, 3.05) is 12.4 Å². The lowest BCUT2D eigenvalue weighted by Gasteiger charge is -2.27. The summed E-state index contributed by atoms with van der Waals surface area (Å²) in [5, 5.41) is 3.31. The maximum absolute atomic E-state index is 5.96. The molecule has 1 unspecified atom stereocenters. The minimum absolute atomic E-state index is 0.208. The molecule has 6 heteroatoms. The number of benzene rings is 2. The van der Waals surface area contributed by atoms with E-state index >= 15 is 0 Å². The van der Waals surface area contributed by atoms with E-state index in [9.17, 15) is 0 Å². The topological polar surface area (TPSA) is 77.5 Å². The van der Waals surface area contributed by atoms with Crippen LogP contribution in [0.2, 0.25) is 0 Å². The zero-order chi connectivity index (χ0) is 22.5. The van der Waals surface area contributed by atoms with Crippen molar-refractivity contribution in [2.24, 2.45) is 10.7 Å². The molecule has 1 aliphatic carbocycles. The summed E-state index contributed by atoms with van der Waals surface area (Å²) in [6, 6.07) is 16.4. The lowest BCUT2D eigenvalue weighted by molar-refractivity contribution is 0.413. The highest BCUT2D eigenvalue weighted by Crippen LogP contribution is 2.34. The maximum Gasteiger partial charge on any atom is 0.144 e. The van der Waals surface area contributed by atoms with Gasteiger partial charge in [-0.1, -0.05) is 36.9 Å². The van der Waals surface area contributed by atoms with Gasteiger partial charge in [0.2, 0.25) is 0 Å². The lowest BCUT2D eigenvalue weighted by atomic mass is 9.79. The van der Waals surface area contributed by atoms with Crippen LogP contribution in [0.15, 0.2) is 90.2 Å². The van der Waals surface area contributed by atoms with Crippen molar-refractivity contribution in [3.05, 3.63) is 96.5 Å². The van der Waals surface area contributed by atoms with Crippen LogP contribution >= 0.6 is 0 Å². The van der Waals surface area contributed by atoms with E-state index in [-0.39, 0.29) is 5.92 Å². The molecule has 1 saturated carbocycles. The molecular weight excluding hydrogens is 398 g/mol. The molecule has 3 N–H and O–H groups in total. The quantitative estimate of drug-likeness (QED) is 0.558. The number of nitrogens with one attached hydrogen (secondary N) is 1. The Morgan fingerprint density at radius 3 is 2.78 bits per heavy atom. The minimum Gasteiger partial charge on any atom is -0.494 e. The van der Waals surface area contributed by atoms with E-state index in [2.05, 4.69) is 41.1 Å². The first-order valence-corrected chi connectivity index (χ1v) is 10.8. The zero-order valence-corrected chi connectivity index (χ0v) is 18.6. The maximum atomic E-state index is 5.96. The molecule has 1 atom stereocenters. The first kappa shape index (κ1) is 21.4. The number of aryl methyl sites for hydroxylation is 1.